The molecule has 0 aliphatic heterocycles. The smallest absolute Gasteiger partial charge is 0.0466 e. The molecule has 0 bridgehead atoms. The maximum absolute atomic E-state index is 3.47. The van der Waals surface area contributed by atoms with E-state index in [1.807, 2.05) is 62.8 Å². The lowest BCUT2D eigenvalue weighted by Gasteiger charge is -2.21. The summed E-state index contributed by atoms with van der Waals surface area (Å²) in [5.41, 5.74) is 36.0. The second-order valence-electron chi connectivity index (χ2n) is 40.3. The molecule has 0 radical (unpaired) electrons. The van der Waals surface area contributed by atoms with Gasteiger partial charge in [0, 0.05) is 157 Å². The number of thiophene rings is 5. The summed E-state index contributed by atoms with van der Waals surface area (Å²) in [6.45, 7) is 31.3. The maximum Gasteiger partial charge on any atom is 0.0466 e. The number of aromatic amines is 1. The van der Waals surface area contributed by atoms with Crippen molar-refractivity contribution >= 4 is 191 Å². The van der Waals surface area contributed by atoms with E-state index in [4.69, 9.17) is 0 Å². The summed E-state index contributed by atoms with van der Waals surface area (Å²) in [5.74, 6) is 0. The third-order valence-corrected chi connectivity index (χ3v) is 35.5. The number of H-pyrrole nitrogens is 1. The molecule has 26 aromatic rings. The lowest BCUT2D eigenvalue weighted by Crippen LogP contribution is -2.14. The first-order chi connectivity index (χ1) is 70.4. The third-order valence-electron chi connectivity index (χ3n) is 29.4. The Balaban J connectivity index is 0.0000000964. The monoisotopic (exact) mass is 1960 g/mol. The lowest BCUT2D eigenvalue weighted by atomic mass is 9.82. The molecule has 0 amide bonds. The molecular formula is C138H118N2S5. The van der Waals surface area contributed by atoms with E-state index in [-0.39, 0.29) is 16.2 Å². The second kappa shape index (κ2) is 40.7. The van der Waals surface area contributed by atoms with Crippen molar-refractivity contribution in [2.24, 2.45) is 0 Å². The Kier molecular flexibility index (Phi) is 27.0. The summed E-state index contributed by atoms with van der Waals surface area (Å²) in [6.07, 6.45) is 0. The van der Waals surface area contributed by atoms with E-state index >= 15 is 0 Å². The summed E-state index contributed by atoms with van der Waals surface area (Å²) >= 11 is 9.42. The van der Waals surface area contributed by atoms with Crippen LogP contribution in [0, 0.1) is 55.4 Å². The van der Waals surface area contributed by atoms with E-state index in [2.05, 4.69) is 545 Å². The van der Waals surface area contributed by atoms with Gasteiger partial charge in [-0.05, 0) is 246 Å². The van der Waals surface area contributed by atoms with Crippen molar-refractivity contribution in [1.82, 2.24) is 4.98 Å². The Hall–Kier alpha value is -14.9. The van der Waals surface area contributed by atoms with Crippen molar-refractivity contribution in [2.75, 3.05) is 11.9 Å². The number of anilines is 2. The van der Waals surface area contributed by atoms with Gasteiger partial charge in [0.15, 0.2) is 0 Å². The number of rotatable bonds is 3. The quantitative estimate of drug-likeness (QED) is 0.187. The predicted molar refractivity (Wildman–Crippen MR) is 642 cm³/mol. The first-order valence-corrected chi connectivity index (χ1v) is 54.4. The highest BCUT2D eigenvalue weighted by molar-refractivity contribution is 7.27. The molecule has 145 heavy (non-hydrogen) atoms. The van der Waals surface area contributed by atoms with Crippen molar-refractivity contribution in [1.29, 1.82) is 0 Å². The fraction of sp³-hybridized carbons (Fsp3) is 0.130. The second-order valence-corrected chi connectivity index (χ2v) is 45.6. The summed E-state index contributed by atoms with van der Waals surface area (Å²) < 4.78 is 13.9. The fourth-order valence-electron chi connectivity index (χ4n) is 21.8. The molecule has 6 heterocycles. The van der Waals surface area contributed by atoms with E-state index in [1.165, 1.54) is 256 Å². The molecule has 3 aliphatic carbocycles. The average molecular weight is 1960 g/mol. The number of benzene rings is 20. The molecule has 0 spiro atoms. The number of hydrogen-bond acceptors (Lipinski definition) is 6. The van der Waals surface area contributed by atoms with Crippen LogP contribution in [0.25, 0.3) is 167 Å². The van der Waals surface area contributed by atoms with Crippen LogP contribution >= 0.6 is 56.7 Å². The van der Waals surface area contributed by atoms with E-state index in [1.54, 1.807) is 0 Å². The van der Waals surface area contributed by atoms with Crippen LogP contribution in [-0.2, 0) is 16.2 Å². The minimum Gasteiger partial charge on any atom is -0.355 e. The molecular weight excluding hydrogens is 1850 g/mol. The van der Waals surface area contributed by atoms with Crippen LogP contribution in [0.4, 0.5) is 11.4 Å². The van der Waals surface area contributed by atoms with Gasteiger partial charge in [-0.15, -0.1) is 56.7 Å². The first kappa shape index (κ1) is 96.2. The van der Waals surface area contributed by atoms with Gasteiger partial charge in [0.05, 0.1) is 0 Å². The van der Waals surface area contributed by atoms with Gasteiger partial charge in [-0.2, -0.15) is 0 Å². The number of para-hydroxylation sites is 2. The maximum atomic E-state index is 3.47. The molecule has 3 aliphatic rings. The van der Waals surface area contributed by atoms with Gasteiger partial charge >= 0.3 is 0 Å². The number of nitrogens with zero attached hydrogens (tertiary/aromatic N) is 1. The van der Waals surface area contributed by atoms with Crippen LogP contribution in [0.3, 0.4) is 0 Å². The molecule has 6 aromatic heterocycles. The largest absolute Gasteiger partial charge is 0.355 e. The average Bonchev–Trinajstić information content (AvgIpc) is 1.59. The van der Waals surface area contributed by atoms with E-state index < -0.39 is 0 Å². The van der Waals surface area contributed by atoms with Gasteiger partial charge in [-0.25, -0.2) is 0 Å². The molecule has 20 aromatic carbocycles. The zero-order chi connectivity index (χ0) is 99.9. The van der Waals surface area contributed by atoms with Gasteiger partial charge in [0.2, 0.25) is 0 Å². The van der Waals surface area contributed by atoms with Crippen molar-refractivity contribution < 1.29 is 0 Å². The predicted octanol–water partition coefficient (Wildman–Crippen LogP) is 41.5. The first-order valence-electron chi connectivity index (χ1n) is 50.3. The number of aromatic nitrogens is 1. The molecule has 0 atom stereocenters. The van der Waals surface area contributed by atoms with Gasteiger partial charge in [-0.1, -0.05) is 410 Å². The van der Waals surface area contributed by atoms with Crippen LogP contribution in [0.2, 0.25) is 0 Å². The number of hydrogen-bond donors (Lipinski definition) is 1. The molecule has 710 valence electrons. The zero-order valence-corrected chi connectivity index (χ0v) is 89.1. The van der Waals surface area contributed by atoms with Crippen molar-refractivity contribution in [3.8, 4) is 44.5 Å². The molecule has 0 unspecified atom stereocenters. The van der Waals surface area contributed by atoms with Gasteiger partial charge in [-0.3, -0.25) is 0 Å². The highest BCUT2D eigenvalue weighted by Gasteiger charge is 2.38. The van der Waals surface area contributed by atoms with Crippen molar-refractivity contribution in [3.63, 3.8) is 0 Å². The molecule has 29 rings (SSSR count). The van der Waals surface area contributed by atoms with Gasteiger partial charge in [0.1, 0.15) is 0 Å². The Morgan fingerprint density at radius 1 is 0.200 bits per heavy atom. The highest BCUT2D eigenvalue weighted by Crippen LogP contribution is 2.53. The van der Waals surface area contributed by atoms with Crippen LogP contribution in [0.5, 0.6) is 0 Å². The molecule has 2 nitrogen and oxygen atoms in total. The summed E-state index contributed by atoms with van der Waals surface area (Å²) in [5, 5.41) is 16.4. The highest BCUT2D eigenvalue weighted by atomic mass is 32.1. The van der Waals surface area contributed by atoms with E-state index in [9.17, 15) is 0 Å². The van der Waals surface area contributed by atoms with Crippen molar-refractivity contribution in [2.45, 2.75) is 113 Å². The Morgan fingerprint density at radius 2 is 0.593 bits per heavy atom. The van der Waals surface area contributed by atoms with E-state index in [0.29, 0.717) is 0 Å². The molecule has 0 saturated carbocycles. The standard InChI is InChI=1S/C19H16N2.C19H14S.3C16H16.4C13H10S/c1-21(14-7-3-2-4-8-14)15-11-12-19-17(13-15)16-9-5-6-10-18(16)20-19;1-13-7-5-11-16-17-12-6-10-15(19(17)20-18(13)16)14-8-3-2-4-9-14;1-11-7-6-10-14-15(11)12-8-4-5-9-13(12)16(14,2)3;1-11-8-9-15-13(10-11)12-6-4-5-7-14(12)16(15,2)3;1-11-8-9-13-12-6-4-5-7-14(12)16(2,3)15(13)10-11;1-9-5-4-7-11-10-6-2-3-8-12(10)14-13(9)11;1-9-5-4-8-12-13(9)10-6-2-3-7-11(10)14-12;1-9-6-7-13-11(8-9)10-4-2-3-5-12(10)14-13;1-9-6-7-11-10-4-2-3-5-12(10)14-13(11)8-9/h2-13,20H,1H3;2-12H,1H3;3*4-10H,1-3H3;4*2-8H,1H3. The van der Waals surface area contributed by atoms with Crippen LogP contribution < -0.4 is 4.90 Å². The number of nitrogens with one attached hydrogen (secondary N) is 1. The van der Waals surface area contributed by atoms with Crippen LogP contribution in [-0.4, -0.2) is 12.0 Å². The zero-order valence-electron chi connectivity index (χ0n) is 85.1. The van der Waals surface area contributed by atoms with Crippen LogP contribution in [0.15, 0.2) is 437 Å². The molecule has 0 fully saturated rings. The minimum atomic E-state index is 0.151. The fourth-order valence-corrected chi connectivity index (χ4v) is 27.7. The SMILES string of the molecule is CN(c1ccccc1)c1ccc2[nH]c3ccccc3c2c1.Cc1ccc2c(c1)-c1ccccc1C2(C)C.Cc1ccc2c(c1)C(C)(C)c1ccccc1-2.Cc1ccc2c(c1)sc1ccccc12.Cc1ccc2sc3ccccc3c2c1.Cc1cccc2c1-c1ccccc1C2(C)C.Cc1cccc2c1sc1c(-c3ccccc3)cccc12.Cc1cccc2c1sc1ccccc12.Cc1cccc2sc3ccccc3c12. The van der Waals surface area contributed by atoms with Crippen LogP contribution in [0.1, 0.15) is 119 Å². The summed E-state index contributed by atoms with van der Waals surface area (Å²) in [4.78, 5) is 5.67. The summed E-state index contributed by atoms with van der Waals surface area (Å²) in [7, 11) is 2.10. The number of fused-ring (bicyclic) bond motifs is 27. The Labute approximate surface area is 872 Å². The normalized spacial score (nSPS) is 12.7. The topological polar surface area (TPSA) is 19.0 Å². The summed E-state index contributed by atoms with van der Waals surface area (Å²) in [6, 6.07) is 157. The molecule has 7 heteroatoms. The van der Waals surface area contributed by atoms with Gasteiger partial charge < -0.3 is 9.88 Å². The Morgan fingerprint density at radius 3 is 1.28 bits per heavy atom. The van der Waals surface area contributed by atoms with E-state index in [0.717, 1.165) is 0 Å². The molecule has 0 saturated heterocycles. The van der Waals surface area contributed by atoms with Gasteiger partial charge in [0.25, 0.3) is 0 Å². The van der Waals surface area contributed by atoms with Crippen molar-refractivity contribution in [3.05, 3.63) is 515 Å². The lowest BCUT2D eigenvalue weighted by molar-refractivity contribution is 0.659. The third kappa shape index (κ3) is 18.9. The molecule has 1 N–H and O–H groups in total. The minimum absolute atomic E-state index is 0.151. The number of aryl methyl sites for hydroxylation is 8. The Bertz CT molecular complexity index is 9270.